The Balaban J connectivity index is 2.98. The van der Waals surface area contributed by atoms with Crippen LogP contribution in [0.4, 0.5) is 5.95 Å². The van der Waals surface area contributed by atoms with E-state index in [0.29, 0.717) is 0 Å². The SMILES string of the molecule is O=Cc1nc([N+](=O)[O-])no1. The maximum Gasteiger partial charge on any atom is 0.510 e. The van der Waals surface area contributed by atoms with Gasteiger partial charge in [0.2, 0.25) is 6.29 Å². The van der Waals surface area contributed by atoms with Crippen molar-refractivity contribution in [3.8, 4) is 0 Å². The minimum atomic E-state index is -0.851. The molecule has 10 heavy (non-hydrogen) atoms. The van der Waals surface area contributed by atoms with Crippen LogP contribution in [0.5, 0.6) is 0 Å². The first-order chi connectivity index (χ1) is 4.74. The Morgan fingerprint density at radius 2 is 2.40 bits per heavy atom. The Labute approximate surface area is 53.8 Å². The van der Waals surface area contributed by atoms with E-state index >= 15 is 0 Å². The van der Waals surface area contributed by atoms with Gasteiger partial charge in [-0.2, -0.15) is 0 Å². The molecule has 0 aliphatic rings. The van der Waals surface area contributed by atoms with Crippen LogP contribution in [0.25, 0.3) is 0 Å². The van der Waals surface area contributed by atoms with Crippen LogP contribution in [0.3, 0.4) is 0 Å². The van der Waals surface area contributed by atoms with Crippen molar-refractivity contribution in [2.45, 2.75) is 0 Å². The third-order valence-corrected chi connectivity index (χ3v) is 0.695. The first-order valence-electron chi connectivity index (χ1n) is 2.17. The molecule has 1 heterocycles. The first kappa shape index (κ1) is 6.33. The molecule has 0 N–H and O–H groups in total. The zero-order valence-corrected chi connectivity index (χ0v) is 4.55. The summed E-state index contributed by atoms with van der Waals surface area (Å²) in [5.41, 5.74) is 0. The molecule has 0 saturated heterocycles. The summed E-state index contributed by atoms with van der Waals surface area (Å²) >= 11 is 0. The number of carbonyl (C=O) groups is 1. The topological polar surface area (TPSA) is 99.1 Å². The highest BCUT2D eigenvalue weighted by Gasteiger charge is 2.16. The zero-order valence-electron chi connectivity index (χ0n) is 4.55. The molecule has 0 bridgehead atoms. The van der Waals surface area contributed by atoms with Crippen molar-refractivity contribution in [3.05, 3.63) is 16.0 Å². The Bertz CT molecular complexity index is 266. The highest BCUT2D eigenvalue weighted by atomic mass is 16.6. The molecule has 1 aromatic rings. The molecule has 0 radical (unpaired) electrons. The normalized spacial score (nSPS) is 9.20. The summed E-state index contributed by atoms with van der Waals surface area (Å²) in [5, 5.41) is 12.7. The van der Waals surface area contributed by atoms with E-state index in [2.05, 4.69) is 14.7 Å². The van der Waals surface area contributed by atoms with E-state index in [9.17, 15) is 14.9 Å². The molecule has 0 aliphatic heterocycles. The van der Waals surface area contributed by atoms with Gasteiger partial charge in [0.05, 0.1) is 0 Å². The average Bonchev–Trinajstić information content (AvgIpc) is 2.34. The van der Waals surface area contributed by atoms with Crippen LogP contribution in [0.1, 0.15) is 10.7 Å². The van der Waals surface area contributed by atoms with Gasteiger partial charge in [-0.3, -0.25) is 4.79 Å². The van der Waals surface area contributed by atoms with Crippen LogP contribution >= 0.6 is 0 Å². The lowest BCUT2D eigenvalue weighted by Gasteiger charge is -1.79. The summed E-state index contributed by atoms with van der Waals surface area (Å²) in [6.45, 7) is 0. The van der Waals surface area contributed by atoms with Gasteiger partial charge in [0.25, 0.3) is 0 Å². The minimum absolute atomic E-state index is 0.236. The second-order valence-electron chi connectivity index (χ2n) is 1.31. The Hall–Kier alpha value is -1.79. The van der Waals surface area contributed by atoms with Crippen LogP contribution < -0.4 is 0 Å². The van der Waals surface area contributed by atoms with Crippen molar-refractivity contribution < 1.29 is 14.2 Å². The summed E-state index contributed by atoms with van der Waals surface area (Å²) in [6, 6.07) is 0. The zero-order chi connectivity index (χ0) is 7.56. The van der Waals surface area contributed by atoms with E-state index in [-0.39, 0.29) is 6.29 Å². The summed E-state index contributed by atoms with van der Waals surface area (Å²) in [7, 11) is 0. The highest BCUT2D eigenvalue weighted by Crippen LogP contribution is 2.01. The lowest BCUT2D eigenvalue weighted by atomic mass is 10.8. The van der Waals surface area contributed by atoms with Crippen LogP contribution in [0, 0.1) is 10.1 Å². The fraction of sp³-hybridized carbons (Fsp3) is 0. The van der Waals surface area contributed by atoms with Crippen molar-refractivity contribution in [2.75, 3.05) is 0 Å². The molecular weight excluding hydrogens is 142 g/mol. The number of aromatic nitrogens is 2. The number of rotatable bonds is 2. The van der Waals surface area contributed by atoms with Crippen molar-refractivity contribution in [3.63, 3.8) is 0 Å². The van der Waals surface area contributed by atoms with Gasteiger partial charge in [0.1, 0.15) is 5.16 Å². The molecule has 0 fully saturated rings. The van der Waals surface area contributed by atoms with Crippen LogP contribution in [-0.2, 0) is 0 Å². The van der Waals surface area contributed by atoms with Crippen LogP contribution in [-0.4, -0.2) is 21.4 Å². The van der Waals surface area contributed by atoms with Crippen LogP contribution in [0.2, 0.25) is 0 Å². The van der Waals surface area contributed by atoms with Gasteiger partial charge < -0.3 is 10.1 Å². The lowest BCUT2D eigenvalue weighted by Crippen LogP contribution is -1.89. The molecule has 0 aromatic carbocycles. The van der Waals surface area contributed by atoms with Gasteiger partial charge in [-0.25, -0.2) is 4.52 Å². The molecule has 1 aromatic heterocycles. The van der Waals surface area contributed by atoms with Gasteiger partial charge in [0.15, 0.2) is 0 Å². The van der Waals surface area contributed by atoms with E-state index in [1.807, 2.05) is 0 Å². The smallest absolute Gasteiger partial charge is 0.390 e. The summed E-state index contributed by atoms with van der Waals surface area (Å²) < 4.78 is 4.10. The predicted molar refractivity (Wildman–Crippen MR) is 26.3 cm³/mol. The molecular formula is C3HN3O4. The fourth-order valence-corrected chi connectivity index (χ4v) is 0.349. The van der Waals surface area contributed by atoms with Gasteiger partial charge in [-0.15, -0.1) is 0 Å². The van der Waals surface area contributed by atoms with Gasteiger partial charge in [-0.05, 0) is 9.91 Å². The van der Waals surface area contributed by atoms with E-state index < -0.39 is 16.8 Å². The molecule has 0 aliphatic carbocycles. The largest absolute Gasteiger partial charge is 0.510 e. The molecule has 0 spiro atoms. The Morgan fingerprint density at radius 1 is 1.70 bits per heavy atom. The first-order valence-corrected chi connectivity index (χ1v) is 2.17. The number of nitrogens with zero attached hydrogens (tertiary/aromatic N) is 3. The maximum absolute atomic E-state index is 9.83. The van der Waals surface area contributed by atoms with E-state index in [0.717, 1.165) is 0 Å². The molecule has 7 nitrogen and oxygen atoms in total. The van der Waals surface area contributed by atoms with Crippen molar-refractivity contribution in [1.82, 2.24) is 10.1 Å². The molecule has 1 rings (SSSR count). The summed E-state index contributed by atoms with van der Waals surface area (Å²) in [5.74, 6) is -1.10. The fourth-order valence-electron chi connectivity index (χ4n) is 0.349. The van der Waals surface area contributed by atoms with Crippen LogP contribution in [0.15, 0.2) is 4.52 Å². The third-order valence-electron chi connectivity index (χ3n) is 0.695. The quantitative estimate of drug-likeness (QED) is 0.322. The molecule has 0 amide bonds. The van der Waals surface area contributed by atoms with Gasteiger partial charge in [-0.1, -0.05) is 0 Å². The van der Waals surface area contributed by atoms with Gasteiger partial charge >= 0.3 is 11.8 Å². The molecule has 0 unspecified atom stereocenters. The second-order valence-corrected chi connectivity index (χ2v) is 1.31. The number of hydrogen-bond donors (Lipinski definition) is 0. The highest BCUT2D eigenvalue weighted by molar-refractivity contribution is 5.67. The predicted octanol–water partition coefficient (Wildman–Crippen LogP) is -0.210. The summed E-state index contributed by atoms with van der Waals surface area (Å²) in [4.78, 5) is 21.9. The summed E-state index contributed by atoms with van der Waals surface area (Å²) in [6.07, 6.45) is 0.236. The number of carbonyl (C=O) groups excluding carboxylic acids is 1. The third kappa shape index (κ3) is 0.966. The minimum Gasteiger partial charge on any atom is -0.390 e. The number of hydrogen-bond acceptors (Lipinski definition) is 6. The van der Waals surface area contributed by atoms with Crippen molar-refractivity contribution in [1.29, 1.82) is 0 Å². The molecule has 7 heteroatoms. The second kappa shape index (κ2) is 2.21. The Kier molecular flexibility index (Phi) is 1.40. The number of aldehydes is 1. The van der Waals surface area contributed by atoms with E-state index in [1.54, 1.807) is 0 Å². The van der Waals surface area contributed by atoms with Gasteiger partial charge in [0, 0.05) is 0 Å². The molecule has 52 valence electrons. The van der Waals surface area contributed by atoms with Crippen molar-refractivity contribution in [2.24, 2.45) is 0 Å². The monoisotopic (exact) mass is 143 g/mol. The maximum atomic E-state index is 9.83. The van der Waals surface area contributed by atoms with E-state index in [4.69, 9.17) is 0 Å². The number of nitro groups is 1. The molecule has 0 saturated carbocycles. The molecule has 0 atom stereocenters. The van der Waals surface area contributed by atoms with E-state index in [1.165, 1.54) is 0 Å². The average molecular weight is 143 g/mol. The Morgan fingerprint density at radius 3 is 2.70 bits per heavy atom. The lowest BCUT2D eigenvalue weighted by molar-refractivity contribution is -0.395. The van der Waals surface area contributed by atoms with Crippen molar-refractivity contribution >= 4 is 12.2 Å². The standard InChI is InChI=1S/C3HN3O4/c7-1-2-4-3(5-10-2)6(8)9/h1H.